The molecule has 2 aliphatic rings. The summed E-state index contributed by atoms with van der Waals surface area (Å²) in [6.07, 6.45) is 6.69. The molecule has 1 N–H and O–H groups in total. The number of aliphatic hydroxyl groups excluding tert-OH is 1. The second-order valence-corrected chi connectivity index (χ2v) is 6.65. The fourth-order valence-electron chi connectivity index (χ4n) is 3.37. The number of hydrogen-bond acceptors (Lipinski definition) is 3. The number of carbonyl (C=O) groups excluding carboxylic acids is 1. The molecule has 1 aliphatic heterocycles. The fraction of sp³-hybridized carbons (Fsp3) is 0.933. The summed E-state index contributed by atoms with van der Waals surface area (Å²) < 4.78 is 5.74. The Kier molecular flexibility index (Phi) is 4.85. The Balaban J connectivity index is 1.83. The summed E-state index contributed by atoms with van der Waals surface area (Å²) in [5.41, 5.74) is -0.353. The van der Waals surface area contributed by atoms with E-state index in [0.29, 0.717) is 19.5 Å². The number of rotatable bonds is 4. The van der Waals surface area contributed by atoms with Gasteiger partial charge in [0.1, 0.15) is 0 Å². The predicted molar refractivity (Wildman–Crippen MR) is 73.8 cm³/mol. The van der Waals surface area contributed by atoms with Crippen LogP contribution in [0.2, 0.25) is 0 Å². The highest BCUT2D eigenvalue weighted by Crippen LogP contribution is 2.29. The van der Waals surface area contributed by atoms with Gasteiger partial charge in [-0.1, -0.05) is 25.7 Å². The Labute approximate surface area is 116 Å². The molecule has 0 bridgehead atoms. The van der Waals surface area contributed by atoms with Crippen molar-refractivity contribution in [2.45, 2.75) is 64.1 Å². The van der Waals surface area contributed by atoms with Gasteiger partial charge < -0.3 is 14.7 Å². The topological polar surface area (TPSA) is 49.8 Å². The molecular formula is C15H27NO3. The van der Waals surface area contributed by atoms with Gasteiger partial charge in [-0.3, -0.25) is 4.79 Å². The van der Waals surface area contributed by atoms with E-state index in [2.05, 4.69) is 0 Å². The van der Waals surface area contributed by atoms with Gasteiger partial charge in [-0.2, -0.15) is 0 Å². The zero-order chi connectivity index (χ0) is 13.9. The van der Waals surface area contributed by atoms with Crippen molar-refractivity contribution in [3.05, 3.63) is 0 Å². The minimum Gasteiger partial charge on any atom is -0.394 e. The van der Waals surface area contributed by atoms with E-state index in [0.717, 1.165) is 12.3 Å². The largest absolute Gasteiger partial charge is 0.394 e. The van der Waals surface area contributed by atoms with E-state index in [4.69, 9.17) is 4.74 Å². The first-order valence-electron chi connectivity index (χ1n) is 7.56. The number of amides is 1. The van der Waals surface area contributed by atoms with Crippen molar-refractivity contribution in [1.82, 2.24) is 4.90 Å². The van der Waals surface area contributed by atoms with E-state index >= 15 is 0 Å². The smallest absolute Gasteiger partial charge is 0.222 e. The molecule has 1 amide bonds. The summed E-state index contributed by atoms with van der Waals surface area (Å²) in [4.78, 5) is 14.2. The number of nitrogens with zero attached hydrogens (tertiary/aromatic N) is 1. The molecule has 4 nitrogen and oxygen atoms in total. The summed E-state index contributed by atoms with van der Waals surface area (Å²) in [6.45, 7) is 5.10. The third-order valence-electron chi connectivity index (χ3n) is 4.28. The highest BCUT2D eigenvalue weighted by Gasteiger charge is 2.35. The molecule has 4 heteroatoms. The molecule has 1 saturated carbocycles. The highest BCUT2D eigenvalue weighted by atomic mass is 16.5. The molecule has 0 spiro atoms. The summed E-state index contributed by atoms with van der Waals surface area (Å²) in [7, 11) is 0. The lowest BCUT2D eigenvalue weighted by Crippen LogP contribution is -2.55. The Morgan fingerprint density at radius 1 is 1.37 bits per heavy atom. The average molecular weight is 269 g/mol. The monoisotopic (exact) mass is 269 g/mol. The van der Waals surface area contributed by atoms with Crippen LogP contribution in [0.1, 0.15) is 52.4 Å². The van der Waals surface area contributed by atoms with Gasteiger partial charge in [0, 0.05) is 19.5 Å². The van der Waals surface area contributed by atoms with Gasteiger partial charge in [0.15, 0.2) is 0 Å². The standard InChI is InChI=1S/C15H27NO3/c1-15(2)11-16(9-13(10-17)19-15)14(18)8-7-12-5-3-4-6-12/h12-13,17H,3-11H2,1-2H3. The van der Waals surface area contributed by atoms with Crippen LogP contribution in [0, 0.1) is 5.92 Å². The first kappa shape index (κ1) is 14.8. The maximum atomic E-state index is 12.3. The Hall–Kier alpha value is -0.610. The predicted octanol–water partition coefficient (Wildman–Crippen LogP) is 1.96. The van der Waals surface area contributed by atoms with Crippen molar-refractivity contribution in [3.8, 4) is 0 Å². The Bertz CT molecular complexity index is 311. The van der Waals surface area contributed by atoms with E-state index < -0.39 is 0 Å². The molecule has 1 saturated heterocycles. The third kappa shape index (κ3) is 4.18. The Morgan fingerprint density at radius 3 is 2.68 bits per heavy atom. The van der Waals surface area contributed by atoms with Crippen molar-refractivity contribution in [2.24, 2.45) is 5.92 Å². The zero-order valence-corrected chi connectivity index (χ0v) is 12.2. The first-order chi connectivity index (χ1) is 9.00. The molecule has 110 valence electrons. The van der Waals surface area contributed by atoms with Gasteiger partial charge in [-0.25, -0.2) is 0 Å². The van der Waals surface area contributed by atoms with E-state index in [1.807, 2.05) is 18.7 Å². The molecule has 2 rings (SSSR count). The zero-order valence-electron chi connectivity index (χ0n) is 12.2. The van der Waals surface area contributed by atoms with Gasteiger partial charge in [0.2, 0.25) is 5.91 Å². The number of aliphatic hydroxyl groups is 1. The molecule has 0 radical (unpaired) electrons. The third-order valence-corrected chi connectivity index (χ3v) is 4.28. The SMILES string of the molecule is CC1(C)CN(C(=O)CCC2CCCC2)CC(CO)O1. The molecule has 1 unspecified atom stereocenters. The number of carbonyl (C=O) groups is 1. The minimum atomic E-state index is -0.353. The van der Waals surface area contributed by atoms with Crippen LogP contribution in [0.5, 0.6) is 0 Å². The molecule has 1 aliphatic carbocycles. The van der Waals surface area contributed by atoms with Crippen LogP contribution in [0.4, 0.5) is 0 Å². The maximum Gasteiger partial charge on any atom is 0.222 e. The van der Waals surface area contributed by atoms with Gasteiger partial charge in [0.25, 0.3) is 0 Å². The van der Waals surface area contributed by atoms with Crippen molar-refractivity contribution >= 4 is 5.91 Å². The molecule has 0 aromatic rings. The number of ether oxygens (including phenoxy) is 1. The lowest BCUT2D eigenvalue weighted by Gasteiger charge is -2.42. The summed E-state index contributed by atoms with van der Waals surface area (Å²) >= 11 is 0. The molecule has 0 aromatic heterocycles. The van der Waals surface area contributed by atoms with Gasteiger partial charge in [-0.05, 0) is 26.2 Å². The van der Waals surface area contributed by atoms with Crippen molar-refractivity contribution in [1.29, 1.82) is 0 Å². The second kappa shape index (κ2) is 6.23. The lowest BCUT2D eigenvalue weighted by atomic mass is 10.00. The van der Waals surface area contributed by atoms with E-state index in [9.17, 15) is 9.90 Å². The van der Waals surface area contributed by atoms with Crippen LogP contribution in [-0.4, -0.2) is 47.3 Å². The minimum absolute atomic E-state index is 0.0180. The number of morpholine rings is 1. The normalized spacial score (nSPS) is 27.7. The number of hydrogen-bond donors (Lipinski definition) is 1. The van der Waals surface area contributed by atoms with Crippen LogP contribution >= 0.6 is 0 Å². The average Bonchev–Trinajstić information content (AvgIpc) is 2.87. The van der Waals surface area contributed by atoms with Gasteiger partial charge >= 0.3 is 0 Å². The summed E-state index contributed by atoms with van der Waals surface area (Å²) in [5.74, 6) is 0.980. The van der Waals surface area contributed by atoms with Crippen molar-refractivity contribution in [2.75, 3.05) is 19.7 Å². The van der Waals surface area contributed by atoms with E-state index in [1.54, 1.807) is 0 Å². The molecule has 1 atom stereocenters. The lowest BCUT2D eigenvalue weighted by molar-refractivity contribution is -0.167. The van der Waals surface area contributed by atoms with Gasteiger partial charge in [-0.15, -0.1) is 0 Å². The van der Waals surface area contributed by atoms with Crippen LogP contribution in [-0.2, 0) is 9.53 Å². The molecule has 0 aromatic carbocycles. The van der Waals surface area contributed by atoms with Gasteiger partial charge in [0.05, 0.1) is 18.3 Å². The maximum absolute atomic E-state index is 12.3. The summed E-state index contributed by atoms with van der Waals surface area (Å²) in [5, 5.41) is 9.26. The molecule has 1 heterocycles. The fourth-order valence-corrected chi connectivity index (χ4v) is 3.37. The van der Waals surface area contributed by atoms with Crippen LogP contribution < -0.4 is 0 Å². The van der Waals surface area contributed by atoms with E-state index in [-0.39, 0.29) is 24.2 Å². The van der Waals surface area contributed by atoms with Crippen LogP contribution in [0.3, 0.4) is 0 Å². The highest BCUT2D eigenvalue weighted by molar-refractivity contribution is 5.76. The quantitative estimate of drug-likeness (QED) is 0.848. The summed E-state index contributed by atoms with van der Waals surface area (Å²) in [6, 6.07) is 0. The molecule has 2 fully saturated rings. The Morgan fingerprint density at radius 2 is 2.05 bits per heavy atom. The van der Waals surface area contributed by atoms with Crippen LogP contribution in [0.15, 0.2) is 0 Å². The molecular weight excluding hydrogens is 242 g/mol. The van der Waals surface area contributed by atoms with E-state index in [1.165, 1.54) is 25.7 Å². The first-order valence-corrected chi connectivity index (χ1v) is 7.56. The van der Waals surface area contributed by atoms with Crippen molar-refractivity contribution in [3.63, 3.8) is 0 Å². The second-order valence-electron chi connectivity index (χ2n) is 6.65. The molecule has 19 heavy (non-hydrogen) atoms. The van der Waals surface area contributed by atoms with Crippen LogP contribution in [0.25, 0.3) is 0 Å². The van der Waals surface area contributed by atoms with Crippen molar-refractivity contribution < 1.29 is 14.6 Å².